The minimum absolute atomic E-state index is 0.0150. The number of amides is 1. The Balaban J connectivity index is 2.27. The van der Waals surface area contributed by atoms with E-state index in [9.17, 15) is 13.2 Å². The Morgan fingerprint density at radius 3 is 2.54 bits per heavy atom. The molecule has 28 heavy (non-hydrogen) atoms. The van der Waals surface area contributed by atoms with Gasteiger partial charge in [0.2, 0.25) is 0 Å². The minimum Gasteiger partial charge on any atom is -0.366 e. The van der Waals surface area contributed by atoms with Crippen molar-refractivity contribution >= 4 is 44.1 Å². The number of carbonyl (C=O) groups is 1. The number of anilines is 1. The lowest BCUT2D eigenvalue weighted by Gasteiger charge is -2.13. The lowest BCUT2D eigenvalue weighted by atomic mass is 9.96. The number of aromatic nitrogens is 1. The lowest BCUT2D eigenvalue weighted by Crippen LogP contribution is -2.12. The molecule has 0 spiro atoms. The van der Waals surface area contributed by atoms with E-state index in [1.54, 1.807) is 18.2 Å². The van der Waals surface area contributed by atoms with E-state index in [4.69, 9.17) is 17.3 Å². The van der Waals surface area contributed by atoms with Crippen molar-refractivity contribution in [3.63, 3.8) is 0 Å². The normalized spacial score (nSPS) is 11.6. The third-order valence-electron chi connectivity index (χ3n) is 4.66. The number of aromatic amines is 1. The van der Waals surface area contributed by atoms with E-state index in [0.717, 1.165) is 16.6 Å². The smallest absolute Gasteiger partial charge is 0.257 e. The fourth-order valence-corrected chi connectivity index (χ4v) is 4.00. The van der Waals surface area contributed by atoms with Crippen molar-refractivity contribution in [1.29, 1.82) is 0 Å². The molecule has 0 bridgehead atoms. The van der Waals surface area contributed by atoms with E-state index in [-0.39, 0.29) is 4.91 Å². The summed E-state index contributed by atoms with van der Waals surface area (Å²) in [6.45, 7) is 8.72. The standard InChI is InChI=1S/C20H20ClN3O3S/c1-10(2)28(26,27)24-14-7-5-6-13(8-14)18-16(21)9-15(20(22)25)19-17(18)11(3)12(4)23-19/h5-9,23-24H,1H2,2-4H3,(H2,22,25). The Morgan fingerprint density at radius 1 is 1.25 bits per heavy atom. The van der Waals surface area contributed by atoms with Crippen LogP contribution in [0.25, 0.3) is 22.0 Å². The monoisotopic (exact) mass is 417 g/mol. The van der Waals surface area contributed by atoms with E-state index >= 15 is 0 Å². The van der Waals surface area contributed by atoms with Crippen molar-refractivity contribution in [2.24, 2.45) is 5.73 Å². The number of nitrogens with one attached hydrogen (secondary N) is 2. The minimum atomic E-state index is -3.67. The summed E-state index contributed by atoms with van der Waals surface area (Å²) in [7, 11) is -3.67. The number of sulfonamides is 1. The number of rotatable bonds is 5. The number of hydrogen-bond donors (Lipinski definition) is 3. The van der Waals surface area contributed by atoms with Crippen molar-refractivity contribution in [3.8, 4) is 11.1 Å². The molecule has 0 unspecified atom stereocenters. The number of halogens is 1. The maximum Gasteiger partial charge on any atom is 0.257 e. The van der Waals surface area contributed by atoms with Crippen LogP contribution >= 0.6 is 11.6 Å². The Morgan fingerprint density at radius 2 is 1.93 bits per heavy atom. The van der Waals surface area contributed by atoms with Crippen LogP contribution in [0, 0.1) is 13.8 Å². The Labute approximate surface area is 168 Å². The second kappa shape index (κ2) is 7.00. The lowest BCUT2D eigenvalue weighted by molar-refractivity contribution is 0.100. The van der Waals surface area contributed by atoms with E-state index in [0.29, 0.717) is 32.9 Å². The topological polar surface area (TPSA) is 105 Å². The molecular formula is C20H20ClN3O3S. The van der Waals surface area contributed by atoms with Gasteiger partial charge in [0, 0.05) is 27.4 Å². The SMILES string of the molecule is C=C(C)S(=O)(=O)Nc1cccc(-c2c(Cl)cc(C(N)=O)c3[nH]c(C)c(C)c23)c1. The van der Waals surface area contributed by atoms with E-state index in [1.807, 2.05) is 19.9 Å². The molecule has 0 aliphatic rings. The van der Waals surface area contributed by atoms with Gasteiger partial charge >= 0.3 is 0 Å². The highest BCUT2D eigenvalue weighted by molar-refractivity contribution is 7.96. The number of H-pyrrole nitrogens is 1. The highest BCUT2D eigenvalue weighted by Gasteiger charge is 2.20. The summed E-state index contributed by atoms with van der Waals surface area (Å²) < 4.78 is 26.7. The molecular weight excluding hydrogens is 398 g/mol. The van der Waals surface area contributed by atoms with Crippen molar-refractivity contribution < 1.29 is 13.2 Å². The number of hydrogen-bond acceptors (Lipinski definition) is 3. The Bertz CT molecular complexity index is 1240. The van der Waals surface area contributed by atoms with Crippen LogP contribution in [0.15, 0.2) is 41.8 Å². The van der Waals surface area contributed by atoms with E-state index in [2.05, 4.69) is 16.3 Å². The van der Waals surface area contributed by atoms with E-state index in [1.165, 1.54) is 13.0 Å². The predicted molar refractivity (Wildman–Crippen MR) is 114 cm³/mol. The van der Waals surface area contributed by atoms with Gasteiger partial charge in [-0.3, -0.25) is 9.52 Å². The van der Waals surface area contributed by atoms with Gasteiger partial charge in [0.05, 0.1) is 16.0 Å². The molecule has 6 nitrogen and oxygen atoms in total. The van der Waals surface area contributed by atoms with Crippen molar-refractivity contribution in [3.05, 3.63) is 63.7 Å². The molecule has 0 saturated heterocycles. The first-order valence-electron chi connectivity index (χ1n) is 8.43. The first kappa shape index (κ1) is 20.0. The molecule has 4 N–H and O–H groups in total. The maximum absolute atomic E-state index is 12.1. The van der Waals surface area contributed by atoms with Crippen LogP contribution in [0.1, 0.15) is 28.5 Å². The van der Waals surface area contributed by atoms with E-state index < -0.39 is 15.9 Å². The molecule has 3 aromatic rings. The van der Waals surface area contributed by atoms with Gasteiger partial charge < -0.3 is 10.7 Å². The first-order chi connectivity index (χ1) is 13.0. The number of allylic oxidation sites excluding steroid dienone is 1. The zero-order valence-corrected chi connectivity index (χ0v) is 17.3. The molecule has 0 saturated carbocycles. The summed E-state index contributed by atoms with van der Waals surface area (Å²) >= 11 is 6.53. The molecule has 1 amide bonds. The Hall–Kier alpha value is -2.77. The quantitative estimate of drug-likeness (QED) is 0.569. The summed E-state index contributed by atoms with van der Waals surface area (Å²) in [5, 5.41) is 1.13. The van der Waals surface area contributed by atoms with Crippen molar-refractivity contribution in [2.75, 3.05) is 4.72 Å². The van der Waals surface area contributed by atoms with Crippen LogP contribution in [0.4, 0.5) is 5.69 Å². The summed E-state index contributed by atoms with van der Waals surface area (Å²) in [4.78, 5) is 15.1. The summed E-state index contributed by atoms with van der Waals surface area (Å²) in [5.74, 6) is -0.581. The molecule has 2 aromatic carbocycles. The van der Waals surface area contributed by atoms with Gasteiger partial charge in [0.25, 0.3) is 15.9 Å². The Kier molecular flexibility index (Phi) is 4.99. The van der Waals surface area contributed by atoms with Crippen LogP contribution in [0.3, 0.4) is 0 Å². The predicted octanol–water partition coefficient (Wildman–Crippen LogP) is 4.48. The molecule has 0 radical (unpaired) electrons. The number of benzene rings is 2. The van der Waals surface area contributed by atoms with Crippen molar-refractivity contribution in [1.82, 2.24) is 4.98 Å². The van der Waals surface area contributed by atoms with Crippen molar-refractivity contribution in [2.45, 2.75) is 20.8 Å². The number of nitrogens with two attached hydrogens (primary N) is 1. The number of aryl methyl sites for hydroxylation is 2. The van der Waals surface area contributed by atoms with Gasteiger partial charge in [-0.2, -0.15) is 0 Å². The summed E-state index contributed by atoms with van der Waals surface area (Å²) in [5.41, 5.74) is 10.0. The van der Waals surface area contributed by atoms with Gasteiger partial charge in [0.1, 0.15) is 0 Å². The molecule has 0 aliphatic heterocycles. The highest BCUT2D eigenvalue weighted by Crippen LogP contribution is 2.40. The zero-order valence-electron chi connectivity index (χ0n) is 15.7. The number of fused-ring (bicyclic) bond motifs is 1. The highest BCUT2D eigenvalue weighted by atomic mass is 35.5. The maximum atomic E-state index is 12.1. The molecule has 8 heteroatoms. The largest absolute Gasteiger partial charge is 0.366 e. The van der Waals surface area contributed by atoms with Gasteiger partial charge in [-0.1, -0.05) is 30.3 Å². The molecule has 146 valence electrons. The molecule has 1 aromatic heterocycles. The summed E-state index contributed by atoms with van der Waals surface area (Å²) in [6, 6.07) is 8.41. The first-order valence-corrected chi connectivity index (χ1v) is 10.3. The second-order valence-corrected chi connectivity index (χ2v) is 8.97. The fourth-order valence-electron chi connectivity index (χ4n) is 3.08. The average Bonchev–Trinajstić information content (AvgIpc) is 2.89. The van der Waals surface area contributed by atoms with Crippen LogP contribution in [-0.2, 0) is 10.0 Å². The van der Waals surface area contributed by atoms with Crippen LogP contribution in [0.2, 0.25) is 5.02 Å². The third-order valence-corrected chi connectivity index (χ3v) is 6.38. The van der Waals surface area contributed by atoms with Gasteiger partial charge in [-0.25, -0.2) is 8.42 Å². The summed E-state index contributed by atoms with van der Waals surface area (Å²) in [6.07, 6.45) is 0. The fraction of sp³-hybridized carbons (Fsp3) is 0.150. The van der Waals surface area contributed by atoms with Crippen LogP contribution < -0.4 is 10.5 Å². The molecule has 0 aliphatic carbocycles. The molecule has 3 rings (SSSR count). The van der Waals surface area contributed by atoms with Crippen LogP contribution in [0.5, 0.6) is 0 Å². The third kappa shape index (κ3) is 3.39. The molecule has 1 heterocycles. The zero-order chi connectivity index (χ0) is 20.8. The van der Waals surface area contributed by atoms with Gasteiger partial charge in [-0.15, -0.1) is 0 Å². The van der Waals surface area contributed by atoms with Gasteiger partial charge in [-0.05, 0) is 50.1 Å². The second-order valence-electron chi connectivity index (χ2n) is 6.66. The number of primary amides is 1. The van der Waals surface area contributed by atoms with Crippen LogP contribution in [-0.4, -0.2) is 19.3 Å². The molecule has 0 fully saturated rings. The van der Waals surface area contributed by atoms with Gasteiger partial charge in [0.15, 0.2) is 0 Å². The number of carbonyl (C=O) groups excluding carboxylic acids is 1. The average molecular weight is 418 g/mol. The molecule has 0 atom stereocenters.